The fourth-order valence-electron chi connectivity index (χ4n) is 1.82. The van der Waals surface area contributed by atoms with Crippen LogP contribution in [0.25, 0.3) is 0 Å². The Balaban J connectivity index is 4.53. The van der Waals surface area contributed by atoms with Crippen LogP contribution < -0.4 is 5.32 Å². The molecule has 2 atom stereocenters. The van der Waals surface area contributed by atoms with Gasteiger partial charge in [0, 0.05) is 6.04 Å². The van der Waals surface area contributed by atoms with Crippen LogP contribution in [0.1, 0.15) is 39.5 Å². The van der Waals surface area contributed by atoms with Gasteiger partial charge in [0.15, 0.2) is 0 Å². The Kier molecular flexibility index (Phi) is 8.95. The van der Waals surface area contributed by atoms with Crippen molar-refractivity contribution in [1.29, 1.82) is 0 Å². The molecule has 112 valence electrons. The summed E-state index contributed by atoms with van der Waals surface area (Å²) >= 11 is 0. The van der Waals surface area contributed by atoms with Crippen LogP contribution in [-0.2, 0) is 9.53 Å². The minimum absolute atomic E-state index is 0.249. The second-order valence-corrected chi connectivity index (χ2v) is 4.77. The summed E-state index contributed by atoms with van der Waals surface area (Å²) in [4.78, 5) is 24.7. The van der Waals surface area contributed by atoms with Crippen LogP contribution in [0.15, 0.2) is 0 Å². The van der Waals surface area contributed by atoms with E-state index in [1.54, 1.807) is 14.1 Å². The molecular formula is C13H26N2O4. The van der Waals surface area contributed by atoms with E-state index < -0.39 is 18.1 Å². The van der Waals surface area contributed by atoms with Crippen LogP contribution in [0.3, 0.4) is 0 Å². The van der Waals surface area contributed by atoms with E-state index >= 15 is 0 Å². The summed E-state index contributed by atoms with van der Waals surface area (Å²) in [6.45, 7) is 4.29. The molecule has 0 spiro atoms. The highest BCUT2D eigenvalue weighted by Gasteiger charge is 2.31. The fourth-order valence-corrected chi connectivity index (χ4v) is 1.82. The molecule has 0 saturated carbocycles. The van der Waals surface area contributed by atoms with E-state index in [1.165, 1.54) is 0 Å². The van der Waals surface area contributed by atoms with Crippen LogP contribution >= 0.6 is 0 Å². The Bertz CT molecular complexity index is 282. The number of aliphatic carboxylic acids is 1. The number of amides is 1. The second kappa shape index (κ2) is 9.61. The molecule has 0 aliphatic rings. The minimum Gasteiger partial charge on any atom is -0.480 e. The summed E-state index contributed by atoms with van der Waals surface area (Å²) in [7, 11) is 3.61. The van der Waals surface area contributed by atoms with E-state index in [0.717, 1.165) is 19.3 Å². The van der Waals surface area contributed by atoms with E-state index in [2.05, 4.69) is 5.32 Å². The van der Waals surface area contributed by atoms with Gasteiger partial charge in [-0.15, -0.1) is 0 Å². The number of hydrogen-bond donors (Lipinski definition) is 2. The number of alkyl carbamates (subject to hydrolysis) is 1. The molecule has 0 aromatic rings. The lowest BCUT2D eigenvalue weighted by Crippen LogP contribution is -2.54. The molecule has 1 amide bonds. The smallest absolute Gasteiger partial charge is 0.407 e. The first kappa shape index (κ1) is 17.7. The largest absolute Gasteiger partial charge is 0.480 e. The lowest BCUT2D eigenvalue weighted by atomic mass is 10.0. The highest BCUT2D eigenvalue weighted by atomic mass is 16.5. The molecule has 0 aliphatic heterocycles. The zero-order valence-corrected chi connectivity index (χ0v) is 12.3. The van der Waals surface area contributed by atoms with Gasteiger partial charge >= 0.3 is 12.1 Å². The molecule has 19 heavy (non-hydrogen) atoms. The van der Waals surface area contributed by atoms with E-state index in [9.17, 15) is 14.7 Å². The first-order chi connectivity index (χ1) is 8.93. The lowest BCUT2D eigenvalue weighted by molar-refractivity contribution is -0.141. The average Bonchev–Trinajstić information content (AvgIpc) is 2.33. The molecule has 0 aromatic carbocycles. The van der Waals surface area contributed by atoms with Crippen molar-refractivity contribution in [2.45, 2.75) is 51.6 Å². The van der Waals surface area contributed by atoms with Crippen molar-refractivity contribution in [3.05, 3.63) is 0 Å². The number of nitrogens with one attached hydrogen (secondary N) is 1. The van der Waals surface area contributed by atoms with Gasteiger partial charge in [-0.25, -0.2) is 9.59 Å². The monoisotopic (exact) mass is 274 g/mol. The third kappa shape index (κ3) is 7.00. The SMILES string of the molecule is CCCCOC(=O)NC(C(=O)O)C(CCC)N(C)C. The number of likely N-dealkylation sites (N-methyl/N-ethyl adjacent to an activating group) is 1. The quantitative estimate of drug-likeness (QED) is 0.626. The lowest BCUT2D eigenvalue weighted by Gasteiger charge is -2.29. The van der Waals surface area contributed by atoms with Crippen LogP contribution in [0, 0.1) is 0 Å². The van der Waals surface area contributed by atoms with Gasteiger partial charge in [0.2, 0.25) is 0 Å². The molecule has 2 unspecified atom stereocenters. The standard InChI is InChI=1S/C13H26N2O4/c1-5-7-9-19-13(18)14-11(12(16)17)10(8-6-2)15(3)4/h10-11H,5-9H2,1-4H3,(H,14,18)(H,16,17). The number of carbonyl (C=O) groups is 2. The van der Waals surface area contributed by atoms with Crippen molar-refractivity contribution >= 4 is 12.1 Å². The van der Waals surface area contributed by atoms with Crippen LogP contribution in [0.5, 0.6) is 0 Å². The summed E-state index contributed by atoms with van der Waals surface area (Å²) < 4.78 is 4.94. The fraction of sp³-hybridized carbons (Fsp3) is 0.846. The average molecular weight is 274 g/mol. The van der Waals surface area contributed by atoms with Gasteiger partial charge in [-0.2, -0.15) is 0 Å². The van der Waals surface area contributed by atoms with E-state index in [-0.39, 0.29) is 6.04 Å². The molecule has 0 fully saturated rings. The van der Waals surface area contributed by atoms with Gasteiger partial charge in [-0.05, 0) is 26.9 Å². The molecule has 6 heteroatoms. The van der Waals surface area contributed by atoms with Gasteiger partial charge in [0.05, 0.1) is 6.61 Å². The van der Waals surface area contributed by atoms with Crippen molar-refractivity contribution in [2.24, 2.45) is 0 Å². The first-order valence-corrected chi connectivity index (χ1v) is 6.76. The van der Waals surface area contributed by atoms with Crippen LogP contribution in [-0.4, -0.2) is 54.9 Å². The van der Waals surface area contributed by atoms with Crippen molar-refractivity contribution in [2.75, 3.05) is 20.7 Å². The predicted octanol–water partition coefficient (Wildman–Crippen LogP) is 1.70. The molecule has 0 aliphatic carbocycles. The summed E-state index contributed by atoms with van der Waals surface area (Å²) in [5, 5.41) is 11.7. The topological polar surface area (TPSA) is 78.9 Å². The van der Waals surface area contributed by atoms with Gasteiger partial charge in [0.1, 0.15) is 6.04 Å². The maximum Gasteiger partial charge on any atom is 0.407 e. The number of unbranched alkanes of at least 4 members (excludes halogenated alkanes) is 1. The van der Waals surface area contributed by atoms with Gasteiger partial charge in [0.25, 0.3) is 0 Å². The van der Waals surface area contributed by atoms with E-state index in [0.29, 0.717) is 13.0 Å². The second-order valence-electron chi connectivity index (χ2n) is 4.77. The number of rotatable bonds is 9. The molecule has 0 aromatic heterocycles. The minimum atomic E-state index is -1.04. The molecule has 2 N–H and O–H groups in total. The number of carboxylic acids is 1. The number of hydrogen-bond acceptors (Lipinski definition) is 4. The maximum absolute atomic E-state index is 11.5. The Hall–Kier alpha value is -1.30. The Labute approximate surface area is 115 Å². The Morgan fingerprint density at radius 1 is 1.26 bits per heavy atom. The van der Waals surface area contributed by atoms with E-state index in [1.807, 2.05) is 18.7 Å². The van der Waals surface area contributed by atoms with Gasteiger partial charge < -0.3 is 20.1 Å². The molecule has 0 heterocycles. The van der Waals surface area contributed by atoms with Crippen LogP contribution in [0.4, 0.5) is 4.79 Å². The number of carbonyl (C=O) groups excluding carboxylic acids is 1. The summed E-state index contributed by atoms with van der Waals surface area (Å²) in [6, 6.07) is -1.20. The summed E-state index contributed by atoms with van der Waals surface area (Å²) in [5.74, 6) is -1.04. The summed E-state index contributed by atoms with van der Waals surface area (Å²) in [6.07, 6.45) is 2.57. The van der Waals surface area contributed by atoms with Crippen molar-refractivity contribution in [3.8, 4) is 0 Å². The first-order valence-electron chi connectivity index (χ1n) is 6.76. The van der Waals surface area contributed by atoms with Crippen molar-refractivity contribution in [3.63, 3.8) is 0 Å². The zero-order chi connectivity index (χ0) is 14.8. The highest BCUT2D eigenvalue weighted by molar-refractivity contribution is 5.80. The molecule has 0 rings (SSSR count). The molecule has 0 radical (unpaired) electrons. The van der Waals surface area contributed by atoms with Gasteiger partial charge in [-0.1, -0.05) is 26.7 Å². The zero-order valence-electron chi connectivity index (χ0n) is 12.3. The summed E-state index contributed by atoms with van der Waals surface area (Å²) in [5.41, 5.74) is 0. The highest BCUT2D eigenvalue weighted by Crippen LogP contribution is 2.09. The van der Waals surface area contributed by atoms with Gasteiger partial charge in [-0.3, -0.25) is 0 Å². The maximum atomic E-state index is 11.5. The number of nitrogens with zero attached hydrogens (tertiary/aromatic N) is 1. The molecule has 0 saturated heterocycles. The van der Waals surface area contributed by atoms with Crippen molar-refractivity contribution < 1.29 is 19.4 Å². The third-order valence-electron chi connectivity index (χ3n) is 2.90. The molecule has 6 nitrogen and oxygen atoms in total. The predicted molar refractivity (Wildman–Crippen MR) is 73.2 cm³/mol. The molecule has 0 bridgehead atoms. The molecular weight excluding hydrogens is 248 g/mol. The van der Waals surface area contributed by atoms with Crippen molar-refractivity contribution in [1.82, 2.24) is 10.2 Å². The normalized spacial score (nSPS) is 13.9. The Morgan fingerprint density at radius 2 is 1.89 bits per heavy atom. The Morgan fingerprint density at radius 3 is 2.32 bits per heavy atom. The third-order valence-corrected chi connectivity index (χ3v) is 2.90. The van der Waals surface area contributed by atoms with E-state index in [4.69, 9.17) is 4.74 Å². The number of ether oxygens (including phenoxy) is 1. The number of carboxylic acid groups (broad SMARTS) is 1. The van der Waals surface area contributed by atoms with Crippen LogP contribution in [0.2, 0.25) is 0 Å².